The Bertz CT molecular complexity index is 357. The zero-order valence-corrected chi connectivity index (χ0v) is 9.01. The Balaban J connectivity index is 2.53. The van der Waals surface area contributed by atoms with E-state index in [2.05, 4.69) is 10.3 Å². The molecule has 1 unspecified atom stereocenters. The fourth-order valence-electron chi connectivity index (χ4n) is 1.04. The molecule has 0 saturated heterocycles. The smallest absolute Gasteiger partial charge is 0.248 e. The summed E-state index contributed by atoms with van der Waals surface area (Å²) in [6.45, 7) is 2.41. The first kappa shape index (κ1) is 12.3. The van der Waals surface area contributed by atoms with E-state index in [9.17, 15) is 4.79 Å². The normalized spacial score (nSPS) is 11.9. The second kappa shape index (κ2) is 5.92. The van der Waals surface area contributed by atoms with E-state index in [1.54, 1.807) is 18.2 Å². The molecule has 0 fully saturated rings. The first-order valence-corrected chi connectivity index (χ1v) is 4.94. The largest absolute Gasteiger partial charge is 0.478 e. The van der Waals surface area contributed by atoms with Gasteiger partial charge in [-0.05, 0) is 13.0 Å². The Kier molecular flexibility index (Phi) is 4.53. The van der Waals surface area contributed by atoms with Crippen molar-refractivity contribution in [2.75, 3.05) is 18.5 Å². The van der Waals surface area contributed by atoms with Gasteiger partial charge in [0.1, 0.15) is 11.9 Å². The quantitative estimate of drug-likeness (QED) is 0.619. The Morgan fingerprint density at radius 1 is 1.69 bits per heavy atom. The van der Waals surface area contributed by atoms with Gasteiger partial charge in [-0.15, -0.1) is 0 Å². The van der Waals surface area contributed by atoms with E-state index < -0.39 is 12.0 Å². The molecule has 16 heavy (non-hydrogen) atoms. The molecule has 0 radical (unpaired) electrons. The summed E-state index contributed by atoms with van der Waals surface area (Å²) in [7, 11) is 0. The summed E-state index contributed by atoms with van der Waals surface area (Å²) >= 11 is 0. The molecule has 4 N–H and O–H groups in total. The number of nitrogens with one attached hydrogen (secondary N) is 1. The molecule has 0 aromatic carbocycles. The van der Waals surface area contributed by atoms with E-state index in [-0.39, 0.29) is 6.54 Å². The molecule has 6 heteroatoms. The van der Waals surface area contributed by atoms with Gasteiger partial charge in [0.2, 0.25) is 11.8 Å². The fourth-order valence-corrected chi connectivity index (χ4v) is 1.04. The monoisotopic (exact) mass is 225 g/mol. The van der Waals surface area contributed by atoms with Gasteiger partial charge in [0.15, 0.2) is 0 Å². The third-order valence-electron chi connectivity index (χ3n) is 1.82. The molecule has 1 amide bonds. The van der Waals surface area contributed by atoms with Crippen molar-refractivity contribution in [1.29, 1.82) is 0 Å². The third-order valence-corrected chi connectivity index (χ3v) is 1.82. The highest BCUT2D eigenvalue weighted by molar-refractivity contribution is 5.79. The molecule has 1 rings (SSSR count). The lowest BCUT2D eigenvalue weighted by atomic mass is 10.3. The summed E-state index contributed by atoms with van der Waals surface area (Å²) in [5.41, 5.74) is 4.90. The number of ether oxygens (including phenoxy) is 1. The number of rotatable bonds is 6. The summed E-state index contributed by atoms with van der Waals surface area (Å²) in [4.78, 5) is 14.7. The number of primary amides is 1. The minimum Gasteiger partial charge on any atom is -0.478 e. The predicted octanol–water partition coefficient (Wildman–Crippen LogP) is -0.262. The average Bonchev–Trinajstić information content (AvgIpc) is 2.26. The fraction of sp³-hybridized carbons (Fsp3) is 0.400. The maximum Gasteiger partial charge on any atom is 0.248 e. The van der Waals surface area contributed by atoms with Gasteiger partial charge < -0.3 is 20.9 Å². The molecule has 6 nitrogen and oxygen atoms in total. The highest BCUT2D eigenvalue weighted by atomic mass is 16.5. The molecule has 0 bridgehead atoms. The lowest BCUT2D eigenvalue weighted by Crippen LogP contribution is -2.34. The summed E-state index contributed by atoms with van der Waals surface area (Å²) in [6.07, 6.45) is -1.22. The molecule has 88 valence electrons. The molecule has 1 aromatic rings. The van der Waals surface area contributed by atoms with Gasteiger partial charge in [-0.3, -0.25) is 4.79 Å². The second-order valence-corrected chi connectivity index (χ2v) is 3.09. The van der Waals surface area contributed by atoms with Gasteiger partial charge in [-0.25, -0.2) is 0 Å². The van der Waals surface area contributed by atoms with Gasteiger partial charge in [0, 0.05) is 6.07 Å². The van der Waals surface area contributed by atoms with E-state index >= 15 is 0 Å². The SMILES string of the molecule is CCOc1cccc(NCC(O)C(N)=O)n1. The number of nitrogens with two attached hydrogens (primary N) is 1. The maximum absolute atomic E-state index is 10.6. The van der Waals surface area contributed by atoms with Crippen LogP contribution in [-0.2, 0) is 4.79 Å². The van der Waals surface area contributed by atoms with Crippen molar-refractivity contribution in [1.82, 2.24) is 4.98 Å². The Labute approximate surface area is 93.4 Å². The predicted molar refractivity (Wildman–Crippen MR) is 59.1 cm³/mol. The highest BCUT2D eigenvalue weighted by Gasteiger charge is 2.10. The van der Waals surface area contributed by atoms with E-state index in [4.69, 9.17) is 15.6 Å². The van der Waals surface area contributed by atoms with Gasteiger partial charge >= 0.3 is 0 Å². The van der Waals surface area contributed by atoms with Crippen LogP contribution in [0.2, 0.25) is 0 Å². The zero-order chi connectivity index (χ0) is 12.0. The van der Waals surface area contributed by atoms with Crippen molar-refractivity contribution in [3.8, 4) is 5.88 Å². The van der Waals surface area contributed by atoms with Crippen LogP contribution in [0.15, 0.2) is 18.2 Å². The summed E-state index contributed by atoms with van der Waals surface area (Å²) in [5, 5.41) is 11.9. The van der Waals surface area contributed by atoms with Crippen LogP contribution in [0.3, 0.4) is 0 Å². The number of pyridine rings is 1. The average molecular weight is 225 g/mol. The van der Waals surface area contributed by atoms with E-state index in [1.807, 2.05) is 6.92 Å². The molecule has 0 aliphatic carbocycles. The number of hydrogen-bond acceptors (Lipinski definition) is 5. The van der Waals surface area contributed by atoms with Gasteiger partial charge in [0.05, 0.1) is 13.2 Å². The standard InChI is InChI=1S/C10H15N3O3/c1-2-16-9-5-3-4-8(13-9)12-6-7(14)10(11)15/h3-5,7,14H,2,6H2,1H3,(H2,11,15)(H,12,13). The van der Waals surface area contributed by atoms with Crippen LogP contribution >= 0.6 is 0 Å². The molecular formula is C10H15N3O3. The molecule has 1 aromatic heterocycles. The Morgan fingerprint density at radius 3 is 3.06 bits per heavy atom. The summed E-state index contributed by atoms with van der Waals surface area (Å²) in [6, 6.07) is 5.19. The number of nitrogens with zero attached hydrogens (tertiary/aromatic N) is 1. The summed E-state index contributed by atoms with van der Waals surface area (Å²) in [5.74, 6) is 0.237. The van der Waals surface area contributed by atoms with Gasteiger partial charge in [-0.2, -0.15) is 4.98 Å². The van der Waals surface area contributed by atoms with Crippen LogP contribution in [0.5, 0.6) is 5.88 Å². The molecule has 1 atom stereocenters. The lowest BCUT2D eigenvalue weighted by Gasteiger charge is -2.09. The van der Waals surface area contributed by atoms with E-state index in [1.165, 1.54) is 0 Å². The van der Waals surface area contributed by atoms with Crippen molar-refractivity contribution in [3.63, 3.8) is 0 Å². The van der Waals surface area contributed by atoms with Crippen LogP contribution in [0.1, 0.15) is 6.92 Å². The maximum atomic E-state index is 10.6. The van der Waals surface area contributed by atoms with Crippen LogP contribution in [0.25, 0.3) is 0 Å². The minimum atomic E-state index is -1.22. The Hall–Kier alpha value is -1.82. The number of carbonyl (C=O) groups excluding carboxylic acids is 1. The number of amides is 1. The van der Waals surface area contributed by atoms with Gasteiger partial charge in [-0.1, -0.05) is 6.07 Å². The number of carbonyl (C=O) groups is 1. The topological polar surface area (TPSA) is 97.5 Å². The Morgan fingerprint density at radius 2 is 2.44 bits per heavy atom. The lowest BCUT2D eigenvalue weighted by molar-refractivity contribution is -0.125. The van der Waals surface area contributed by atoms with Crippen LogP contribution in [0.4, 0.5) is 5.82 Å². The van der Waals surface area contributed by atoms with Crippen LogP contribution in [0, 0.1) is 0 Å². The second-order valence-electron chi connectivity index (χ2n) is 3.09. The highest BCUT2D eigenvalue weighted by Crippen LogP contribution is 2.10. The van der Waals surface area contributed by atoms with Crippen LogP contribution in [-0.4, -0.2) is 35.3 Å². The van der Waals surface area contributed by atoms with Crippen molar-refractivity contribution >= 4 is 11.7 Å². The van der Waals surface area contributed by atoms with Crippen LogP contribution < -0.4 is 15.8 Å². The van der Waals surface area contributed by atoms with Crippen molar-refractivity contribution in [3.05, 3.63) is 18.2 Å². The van der Waals surface area contributed by atoms with E-state index in [0.717, 1.165) is 0 Å². The molecule has 0 aliphatic heterocycles. The zero-order valence-electron chi connectivity index (χ0n) is 9.01. The number of aliphatic hydroxyl groups excluding tert-OH is 1. The van der Waals surface area contributed by atoms with E-state index in [0.29, 0.717) is 18.3 Å². The first-order chi connectivity index (χ1) is 7.63. The minimum absolute atomic E-state index is 0.0257. The van der Waals surface area contributed by atoms with Crippen molar-refractivity contribution in [2.24, 2.45) is 5.73 Å². The number of aliphatic hydroxyl groups is 1. The molecule has 0 aliphatic rings. The number of anilines is 1. The molecule has 0 spiro atoms. The molecule has 1 heterocycles. The molecular weight excluding hydrogens is 210 g/mol. The van der Waals surface area contributed by atoms with Crippen molar-refractivity contribution in [2.45, 2.75) is 13.0 Å². The number of hydrogen-bond donors (Lipinski definition) is 3. The molecule has 0 saturated carbocycles. The first-order valence-electron chi connectivity index (χ1n) is 4.94. The van der Waals surface area contributed by atoms with Gasteiger partial charge in [0.25, 0.3) is 0 Å². The number of aromatic nitrogens is 1. The summed E-state index contributed by atoms with van der Waals surface area (Å²) < 4.78 is 5.20. The third kappa shape index (κ3) is 3.74. The van der Waals surface area contributed by atoms with Crippen molar-refractivity contribution < 1.29 is 14.6 Å².